The Balaban J connectivity index is 1.01. The highest BCUT2D eigenvalue weighted by Crippen LogP contribution is 2.46. The second-order valence-electron chi connectivity index (χ2n) is 17.9. The van der Waals surface area contributed by atoms with Crippen LogP contribution in [0, 0.1) is 20.8 Å². The third kappa shape index (κ3) is 7.33. The number of aromatic nitrogens is 1. The molecule has 1 nitrogen and oxygen atoms in total. The first kappa shape index (κ1) is 40.8. The molecule has 0 amide bonds. The van der Waals surface area contributed by atoms with Gasteiger partial charge in [0.25, 0.3) is 0 Å². The molecule has 0 spiro atoms. The van der Waals surface area contributed by atoms with Gasteiger partial charge >= 0.3 is 0 Å². The van der Waals surface area contributed by atoms with Gasteiger partial charge in [-0.2, -0.15) is 0 Å². The summed E-state index contributed by atoms with van der Waals surface area (Å²) < 4.78 is 2.43. The standard InChI is InChI=1S/C65H51N/c1-45-24-29-53(60(40-45)59-43-51(30-26-47(59)3)49-16-8-4-9-17-49)42-48-27-32-56(33-28-48)65(54-20-12-6-13-21-54,55-22-14-7-15-23-55)57-34-36-58(37-35-57)66-63-38-25-46(2)41-61(63)62-44-52(31-39-64(62)66)50-18-10-5-11-19-50/h4-41,43-44H,42H2,1-3H3. The van der Waals surface area contributed by atoms with Crippen LogP contribution in [0.2, 0.25) is 0 Å². The van der Waals surface area contributed by atoms with Crippen molar-refractivity contribution in [2.24, 2.45) is 0 Å². The molecule has 316 valence electrons. The number of benzene rings is 10. The van der Waals surface area contributed by atoms with Crippen LogP contribution in [0.15, 0.2) is 243 Å². The van der Waals surface area contributed by atoms with Crippen LogP contribution in [-0.4, -0.2) is 4.57 Å². The molecule has 0 saturated heterocycles. The SMILES string of the molecule is Cc1ccc(Cc2ccc(C(c3ccccc3)(c3ccccc3)c3ccc(-n4c5ccc(C)cc5c5cc(-c6ccccc6)ccc54)cc3)cc2)c(-c2cc(-c3ccccc3)ccc2C)c1. The fraction of sp³-hybridized carbons (Fsp3) is 0.0769. The summed E-state index contributed by atoms with van der Waals surface area (Å²) >= 11 is 0. The smallest absolute Gasteiger partial charge is 0.0701 e. The van der Waals surface area contributed by atoms with Crippen molar-refractivity contribution in [2.75, 3.05) is 0 Å². The van der Waals surface area contributed by atoms with E-state index in [2.05, 4.69) is 268 Å². The third-order valence-corrected chi connectivity index (χ3v) is 13.7. The Morgan fingerprint density at radius 1 is 0.348 bits per heavy atom. The normalized spacial score (nSPS) is 11.6. The van der Waals surface area contributed by atoms with Crippen LogP contribution >= 0.6 is 0 Å². The second-order valence-corrected chi connectivity index (χ2v) is 17.9. The minimum absolute atomic E-state index is 0.577. The van der Waals surface area contributed by atoms with E-state index in [9.17, 15) is 0 Å². The summed E-state index contributed by atoms with van der Waals surface area (Å²) in [6.45, 7) is 6.61. The highest BCUT2D eigenvalue weighted by Gasteiger charge is 2.38. The fourth-order valence-electron chi connectivity index (χ4n) is 10.4. The van der Waals surface area contributed by atoms with Crippen LogP contribution in [-0.2, 0) is 11.8 Å². The first-order valence-electron chi connectivity index (χ1n) is 23.1. The lowest BCUT2D eigenvalue weighted by molar-refractivity contribution is 0.744. The number of hydrogen-bond acceptors (Lipinski definition) is 0. The lowest BCUT2D eigenvalue weighted by Gasteiger charge is -2.37. The minimum Gasteiger partial charge on any atom is -0.309 e. The minimum atomic E-state index is -0.577. The average molecular weight is 846 g/mol. The summed E-state index contributed by atoms with van der Waals surface area (Å²) in [7, 11) is 0. The van der Waals surface area contributed by atoms with Gasteiger partial charge in [0.15, 0.2) is 0 Å². The van der Waals surface area contributed by atoms with Gasteiger partial charge in [-0.1, -0.05) is 211 Å². The first-order valence-corrected chi connectivity index (χ1v) is 23.1. The van der Waals surface area contributed by atoms with Gasteiger partial charge in [0, 0.05) is 16.5 Å². The van der Waals surface area contributed by atoms with Crippen molar-refractivity contribution in [1.82, 2.24) is 4.57 Å². The number of rotatable bonds is 10. The summed E-state index contributed by atoms with van der Waals surface area (Å²) in [5.41, 5.74) is 21.8. The summed E-state index contributed by atoms with van der Waals surface area (Å²) in [5.74, 6) is 0. The molecule has 0 N–H and O–H groups in total. The Hall–Kier alpha value is -8.00. The Morgan fingerprint density at radius 2 is 0.818 bits per heavy atom. The molecule has 10 aromatic carbocycles. The van der Waals surface area contributed by atoms with Gasteiger partial charge in [-0.25, -0.2) is 0 Å². The third-order valence-electron chi connectivity index (χ3n) is 13.7. The van der Waals surface area contributed by atoms with Crippen molar-refractivity contribution >= 4 is 21.8 Å². The molecule has 1 heterocycles. The maximum absolute atomic E-state index is 2.43. The van der Waals surface area contributed by atoms with Gasteiger partial charge in [-0.15, -0.1) is 0 Å². The van der Waals surface area contributed by atoms with Crippen LogP contribution in [0.5, 0.6) is 0 Å². The van der Waals surface area contributed by atoms with E-state index in [0.29, 0.717) is 0 Å². The predicted octanol–water partition coefficient (Wildman–Crippen LogP) is 16.7. The largest absolute Gasteiger partial charge is 0.309 e. The molecule has 0 saturated carbocycles. The average Bonchev–Trinajstić information content (AvgIpc) is 3.69. The Morgan fingerprint density at radius 3 is 1.42 bits per heavy atom. The molecule has 0 atom stereocenters. The van der Waals surface area contributed by atoms with E-state index in [1.54, 1.807) is 0 Å². The Labute approximate surface area is 388 Å². The lowest BCUT2D eigenvalue weighted by Crippen LogP contribution is -2.31. The molecule has 0 fully saturated rings. The fourth-order valence-corrected chi connectivity index (χ4v) is 10.4. The molecule has 0 aliphatic carbocycles. The van der Waals surface area contributed by atoms with Gasteiger partial charge in [-0.05, 0) is 142 Å². The Kier molecular flexibility index (Phi) is 10.6. The van der Waals surface area contributed by atoms with Gasteiger partial charge in [-0.3, -0.25) is 0 Å². The van der Waals surface area contributed by atoms with Gasteiger partial charge < -0.3 is 4.57 Å². The van der Waals surface area contributed by atoms with E-state index in [4.69, 9.17) is 0 Å². The van der Waals surface area contributed by atoms with Crippen LogP contribution in [0.3, 0.4) is 0 Å². The van der Waals surface area contributed by atoms with Gasteiger partial charge in [0.2, 0.25) is 0 Å². The maximum atomic E-state index is 2.43. The Bertz CT molecular complexity index is 3430. The lowest BCUT2D eigenvalue weighted by atomic mass is 9.65. The molecule has 0 bridgehead atoms. The zero-order valence-electron chi connectivity index (χ0n) is 37.7. The number of hydrogen-bond donors (Lipinski definition) is 0. The van der Waals surface area contributed by atoms with E-state index in [-0.39, 0.29) is 0 Å². The highest BCUT2D eigenvalue weighted by molar-refractivity contribution is 6.10. The van der Waals surface area contributed by atoms with Crippen LogP contribution in [0.1, 0.15) is 50.1 Å². The van der Waals surface area contributed by atoms with Crippen molar-refractivity contribution in [3.8, 4) is 39.1 Å². The van der Waals surface area contributed by atoms with Crippen molar-refractivity contribution in [2.45, 2.75) is 32.6 Å². The second kappa shape index (κ2) is 17.2. The first-order chi connectivity index (χ1) is 32.4. The van der Waals surface area contributed by atoms with Crippen molar-refractivity contribution in [1.29, 1.82) is 0 Å². The molecule has 1 aromatic heterocycles. The quantitative estimate of drug-likeness (QED) is 0.121. The molecule has 11 aromatic rings. The zero-order valence-corrected chi connectivity index (χ0v) is 37.7. The van der Waals surface area contributed by atoms with Gasteiger partial charge in [0.1, 0.15) is 0 Å². The van der Waals surface area contributed by atoms with E-state index < -0.39 is 5.41 Å². The summed E-state index contributed by atoms with van der Waals surface area (Å²) in [6.07, 6.45) is 0.828. The van der Waals surface area contributed by atoms with Gasteiger partial charge in [0.05, 0.1) is 16.4 Å². The van der Waals surface area contributed by atoms with Crippen molar-refractivity contribution in [3.05, 3.63) is 293 Å². The van der Waals surface area contributed by atoms with Crippen LogP contribution in [0.25, 0.3) is 60.9 Å². The van der Waals surface area contributed by atoms with Crippen molar-refractivity contribution < 1.29 is 0 Å². The van der Waals surface area contributed by atoms with E-state index in [1.807, 2.05) is 0 Å². The molecule has 66 heavy (non-hydrogen) atoms. The number of nitrogens with zero attached hydrogens (tertiary/aromatic N) is 1. The molecule has 0 aliphatic rings. The molecular weight excluding hydrogens is 795 g/mol. The molecule has 0 unspecified atom stereocenters. The number of fused-ring (bicyclic) bond motifs is 3. The summed E-state index contributed by atoms with van der Waals surface area (Å²) in [4.78, 5) is 0. The number of aryl methyl sites for hydroxylation is 3. The van der Waals surface area contributed by atoms with E-state index >= 15 is 0 Å². The zero-order chi connectivity index (χ0) is 44.6. The summed E-state index contributed by atoms with van der Waals surface area (Å²) in [6, 6.07) is 89.9. The highest BCUT2D eigenvalue weighted by atomic mass is 15.0. The van der Waals surface area contributed by atoms with Crippen LogP contribution in [0.4, 0.5) is 0 Å². The molecule has 0 radical (unpaired) electrons. The predicted molar refractivity (Wildman–Crippen MR) is 279 cm³/mol. The topological polar surface area (TPSA) is 4.93 Å². The van der Waals surface area contributed by atoms with E-state index in [1.165, 1.54) is 105 Å². The molecule has 0 aliphatic heterocycles. The van der Waals surface area contributed by atoms with E-state index in [0.717, 1.165) is 12.1 Å². The van der Waals surface area contributed by atoms with Crippen LogP contribution < -0.4 is 0 Å². The van der Waals surface area contributed by atoms with Crippen molar-refractivity contribution in [3.63, 3.8) is 0 Å². The monoisotopic (exact) mass is 845 g/mol. The molecule has 1 heteroatoms. The summed E-state index contributed by atoms with van der Waals surface area (Å²) in [5, 5.41) is 2.53. The molecular formula is C65H51N. The maximum Gasteiger partial charge on any atom is 0.0701 e. The molecule has 11 rings (SSSR count).